The first-order valence-electron chi connectivity index (χ1n) is 6.20. The van der Waals surface area contributed by atoms with Gasteiger partial charge in [-0.05, 0) is 36.3 Å². The molecule has 0 aliphatic carbocycles. The van der Waals surface area contributed by atoms with Gasteiger partial charge >= 0.3 is 0 Å². The van der Waals surface area contributed by atoms with Crippen LogP contribution in [-0.2, 0) is 19.4 Å². The first-order valence-corrected chi connectivity index (χ1v) is 6.20. The first-order chi connectivity index (χ1) is 7.52. The van der Waals surface area contributed by atoms with Crippen LogP contribution in [0.15, 0.2) is 12.1 Å². The summed E-state index contributed by atoms with van der Waals surface area (Å²) < 4.78 is 0. The number of rotatable bonds is 5. The lowest BCUT2D eigenvalue weighted by molar-refractivity contribution is 0.602. The van der Waals surface area contributed by atoms with E-state index in [4.69, 9.17) is 5.73 Å². The van der Waals surface area contributed by atoms with Gasteiger partial charge in [0.15, 0.2) is 0 Å². The molecule has 16 heavy (non-hydrogen) atoms. The van der Waals surface area contributed by atoms with Gasteiger partial charge in [-0.15, -0.1) is 0 Å². The largest absolute Gasteiger partial charge is 0.325 e. The molecule has 0 saturated carbocycles. The summed E-state index contributed by atoms with van der Waals surface area (Å²) in [5.74, 6) is 1.32. The summed E-state index contributed by atoms with van der Waals surface area (Å²) in [6, 6.07) is 4.26. The zero-order valence-corrected chi connectivity index (χ0v) is 11.0. The molecule has 0 aliphatic rings. The molecule has 1 rings (SSSR count). The first kappa shape index (κ1) is 13.2. The number of hydrogen-bond donors (Lipinski definition) is 1. The van der Waals surface area contributed by atoms with Crippen molar-refractivity contribution in [2.24, 2.45) is 17.6 Å². The second-order valence-electron chi connectivity index (χ2n) is 5.31. The highest BCUT2D eigenvalue weighted by atomic mass is 14.7. The molecule has 0 spiro atoms. The molecule has 0 unspecified atom stereocenters. The molecule has 0 fully saturated rings. The average Bonchev–Trinajstić information content (AvgIpc) is 2.19. The van der Waals surface area contributed by atoms with E-state index >= 15 is 0 Å². The second-order valence-corrected chi connectivity index (χ2v) is 5.31. The summed E-state index contributed by atoms with van der Waals surface area (Å²) in [6.45, 7) is 9.49. The zero-order valence-electron chi connectivity index (χ0n) is 11.0. The minimum absolute atomic E-state index is 0.535. The molecule has 0 amide bonds. The van der Waals surface area contributed by atoms with Crippen LogP contribution in [0, 0.1) is 11.8 Å². The topological polar surface area (TPSA) is 38.9 Å². The van der Waals surface area contributed by atoms with Gasteiger partial charge in [-0.3, -0.25) is 4.98 Å². The van der Waals surface area contributed by atoms with Gasteiger partial charge in [-0.1, -0.05) is 33.8 Å². The van der Waals surface area contributed by atoms with Gasteiger partial charge in [0.05, 0.1) is 5.69 Å². The van der Waals surface area contributed by atoms with Crippen LogP contribution in [0.5, 0.6) is 0 Å². The van der Waals surface area contributed by atoms with Gasteiger partial charge in [0.1, 0.15) is 0 Å². The van der Waals surface area contributed by atoms with Gasteiger partial charge < -0.3 is 5.73 Å². The smallest absolute Gasteiger partial charge is 0.0543 e. The van der Waals surface area contributed by atoms with Crippen molar-refractivity contribution in [3.05, 3.63) is 29.1 Å². The Morgan fingerprint density at radius 1 is 1.06 bits per heavy atom. The Kier molecular flexibility index (Phi) is 4.94. The lowest BCUT2D eigenvalue weighted by atomic mass is 9.96. The molecule has 1 aromatic heterocycles. The van der Waals surface area contributed by atoms with Gasteiger partial charge in [-0.2, -0.15) is 0 Å². The highest BCUT2D eigenvalue weighted by molar-refractivity contribution is 5.24. The lowest BCUT2D eigenvalue weighted by Crippen LogP contribution is -2.09. The van der Waals surface area contributed by atoms with Crippen molar-refractivity contribution >= 4 is 0 Å². The molecular weight excluding hydrogens is 196 g/mol. The number of nitrogens with two attached hydrogens (primary N) is 1. The fraction of sp³-hybridized carbons (Fsp3) is 0.643. The third-order valence-corrected chi connectivity index (χ3v) is 2.57. The van der Waals surface area contributed by atoms with Gasteiger partial charge in [0.25, 0.3) is 0 Å². The predicted molar refractivity (Wildman–Crippen MR) is 69.2 cm³/mol. The van der Waals surface area contributed by atoms with Crippen molar-refractivity contribution in [3.8, 4) is 0 Å². The minimum Gasteiger partial charge on any atom is -0.325 e. The molecule has 2 nitrogen and oxygen atoms in total. The van der Waals surface area contributed by atoms with Crippen LogP contribution in [0.4, 0.5) is 0 Å². The van der Waals surface area contributed by atoms with E-state index in [9.17, 15) is 0 Å². The van der Waals surface area contributed by atoms with Crippen molar-refractivity contribution in [2.45, 2.75) is 47.1 Å². The van der Waals surface area contributed by atoms with Gasteiger partial charge in [0.2, 0.25) is 0 Å². The fourth-order valence-corrected chi connectivity index (χ4v) is 1.88. The van der Waals surface area contributed by atoms with E-state index in [1.807, 2.05) is 0 Å². The number of aromatic nitrogens is 1. The Labute approximate surface area is 99.3 Å². The van der Waals surface area contributed by atoms with E-state index in [0.29, 0.717) is 18.4 Å². The highest BCUT2D eigenvalue weighted by Gasteiger charge is 2.09. The van der Waals surface area contributed by atoms with Crippen molar-refractivity contribution in [1.82, 2.24) is 4.98 Å². The Morgan fingerprint density at radius 3 is 2.19 bits per heavy atom. The van der Waals surface area contributed by atoms with Crippen molar-refractivity contribution < 1.29 is 0 Å². The van der Waals surface area contributed by atoms with Crippen molar-refractivity contribution in [3.63, 3.8) is 0 Å². The molecule has 0 saturated heterocycles. The van der Waals surface area contributed by atoms with E-state index in [1.165, 1.54) is 11.3 Å². The third kappa shape index (κ3) is 3.93. The molecule has 0 radical (unpaired) electrons. The highest BCUT2D eigenvalue weighted by Crippen LogP contribution is 2.16. The van der Waals surface area contributed by atoms with Crippen LogP contribution < -0.4 is 5.73 Å². The Balaban J connectivity index is 2.96. The summed E-state index contributed by atoms with van der Waals surface area (Å²) in [5.41, 5.74) is 9.27. The second kappa shape index (κ2) is 6.00. The SMILES string of the molecule is CC(C)Cc1ccc(CN)nc1CC(C)C. The van der Waals surface area contributed by atoms with Gasteiger partial charge in [0, 0.05) is 12.2 Å². The standard InChI is InChI=1S/C14H24N2/c1-10(2)7-12-5-6-13(9-15)16-14(12)8-11(3)4/h5-6,10-11H,7-9,15H2,1-4H3. The molecular formula is C14H24N2. The molecule has 0 aliphatic heterocycles. The fourth-order valence-electron chi connectivity index (χ4n) is 1.88. The number of pyridine rings is 1. The van der Waals surface area contributed by atoms with Crippen LogP contribution in [0.25, 0.3) is 0 Å². The maximum absolute atomic E-state index is 5.64. The maximum Gasteiger partial charge on any atom is 0.0543 e. The number of nitrogens with zero attached hydrogens (tertiary/aromatic N) is 1. The normalized spacial score (nSPS) is 11.4. The van der Waals surface area contributed by atoms with E-state index < -0.39 is 0 Å². The Bertz CT molecular complexity index is 330. The van der Waals surface area contributed by atoms with Gasteiger partial charge in [-0.25, -0.2) is 0 Å². The van der Waals surface area contributed by atoms with E-state index in [0.717, 1.165) is 18.5 Å². The van der Waals surface area contributed by atoms with Crippen LogP contribution in [0.1, 0.15) is 44.6 Å². The summed E-state index contributed by atoms with van der Waals surface area (Å²) in [4.78, 5) is 4.66. The summed E-state index contributed by atoms with van der Waals surface area (Å²) in [6.07, 6.45) is 2.16. The molecule has 0 atom stereocenters. The van der Waals surface area contributed by atoms with E-state index in [2.05, 4.69) is 44.8 Å². The monoisotopic (exact) mass is 220 g/mol. The summed E-state index contributed by atoms with van der Waals surface area (Å²) >= 11 is 0. The molecule has 1 heterocycles. The molecule has 2 heteroatoms. The maximum atomic E-state index is 5.64. The average molecular weight is 220 g/mol. The quantitative estimate of drug-likeness (QED) is 0.828. The van der Waals surface area contributed by atoms with Crippen molar-refractivity contribution in [1.29, 1.82) is 0 Å². The molecule has 90 valence electrons. The minimum atomic E-state index is 0.535. The summed E-state index contributed by atoms with van der Waals surface area (Å²) in [7, 11) is 0. The van der Waals surface area contributed by atoms with Crippen LogP contribution >= 0.6 is 0 Å². The van der Waals surface area contributed by atoms with E-state index in [1.54, 1.807) is 0 Å². The van der Waals surface area contributed by atoms with E-state index in [-0.39, 0.29) is 0 Å². The third-order valence-electron chi connectivity index (χ3n) is 2.57. The van der Waals surface area contributed by atoms with Crippen molar-refractivity contribution in [2.75, 3.05) is 0 Å². The molecule has 1 aromatic rings. The Hall–Kier alpha value is -0.890. The van der Waals surface area contributed by atoms with Crippen LogP contribution in [0.3, 0.4) is 0 Å². The lowest BCUT2D eigenvalue weighted by Gasteiger charge is -2.13. The molecule has 0 bridgehead atoms. The zero-order chi connectivity index (χ0) is 12.1. The number of hydrogen-bond acceptors (Lipinski definition) is 2. The molecule has 2 N–H and O–H groups in total. The van der Waals surface area contributed by atoms with Crippen LogP contribution in [0.2, 0.25) is 0 Å². The van der Waals surface area contributed by atoms with Crippen LogP contribution in [-0.4, -0.2) is 4.98 Å². The summed E-state index contributed by atoms with van der Waals surface area (Å²) in [5, 5.41) is 0. The predicted octanol–water partition coefficient (Wildman–Crippen LogP) is 2.94. The molecule has 0 aromatic carbocycles. The Morgan fingerprint density at radius 2 is 1.69 bits per heavy atom.